The maximum atomic E-state index is 12.3. The van der Waals surface area contributed by atoms with Gasteiger partial charge in [0.2, 0.25) is 5.91 Å². The van der Waals surface area contributed by atoms with Crippen LogP contribution in [0.2, 0.25) is 5.02 Å². The first-order valence-electron chi connectivity index (χ1n) is 9.14. The molecule has 7 heteroatoms. The van der Waals surface area contributed by atoms with Crippen LogP contribution < -0.4 is 5.32 Å². The van der Waals surface area contributed by atoms with Gasteiger partial charge in [0, 0.05) is 23.7 Å². The molecular formula is C21H23ClN4OS. The van der Waals surface area contributed by atoms with Crippen LogP contribution in [-0.4, -0.2) is 32.5 Å². The van der Waals surface area contributed by atoms with E-state index in [1.54, 1.807) is 0 Å². The molecule has 1 N–H and O–H groups in total. The van der Waals surface area contributed by atoms with E-state index in [2.05, 4.69) is 27.6 Å². The number of carbonyl (C=O) groups is 1. The minimum absolute atomic E-state index is 0.00149. The Balaban J connectivity index is 1.48. The van der Waals surface area contributed by atoms with E-state index in [1.165, 1.54) is 17.3 Å². The minimum atomic E-state index is 0.00149. The standard InChI is InChI=1S/C21H23ClN4OS/c1-15(8-9-16-6-4-3-5-7-16)23-19(27)14-28-21-25-24-20(26(21)2)17-10-12-18(22)13-11-17/h3-7,10-13,15H,8-9,14H2,1-2H3,(H,23,27)/t15-/m0/s1. The van der Waals surface area contributed by atoms with Crippen molar-refractivity contribution in [3.8, 4) is 11.4 Å². The van der Waals surface area contributed by atoms with Gasteiger partial charge >= 0.3 is 0 Å². The average Bonchev–Trinajstić information content (AvgIpc) is 3.07. The number of nitrogens with one attached hydrogen (secondary N) is 1. The molecule has 1 aromatic heterocycles. The van der Waals surface area contributed by atoms with E-state index in [4.69, 9.17) is 11.6 Å². The van der Waals surface area contributed by atoms with Crippen LogP contribution in [0.5, 0.6) is 0 Å². The van der Waals surface area contributed by atoms with Gasteiger partial charge in [0.1, 0.15) is 0 Å². The zero-order chi connectivity index (χ0) is 19.9. The molecule has 0 aliphatic rings. The van der Waals surface area contributed by atoms with Crippen LogP contribution in [0, 0.1) is 0 Å². The van der Waals surface area contributed by atoms with Crippen molar-refractivity contribution < 1.29 is 4.79 Å². The number of aromatic nitrogens is 3. The maximum Gasteiger partial charge on any atom is 0.230 e. The van der Waals surface area contributed by atoms with Gasteiger partial charge in [0.25, 0.3) is 0 Å². The highest BCUT2D eigenvalue weighted by Crippen LogP contribution is 2.23. The Bertz CT molecular complexity index is 912. The lowest BCUT2D eigenvalue weighted by Gasteiger charge is -2.13. The molecule has 0 aliphatic heterocycles. The molecule has 1 heterocycles. The summed E-state index contributed by atoms with van der Waals surface area (Å²) in [6.07, 6.45) is 1.86. The Morgan fingerprint density at radius 3 is 2.57 bits per heavy atom. The van der Waals surface area contributed by atoms with Crippen LogP contribution in [0.15, 0.2) is 59.8 Å². The van der Waals surface area contributed by atoms with Crippen LogP contribution in [0.4, 0.5) is 0 Å². The van der Waals surface area contributed by atoms with E-state index in [-0.39, 0.29) is 11.9 Å². The van der Waals surface area contributed by atoms with Crippen LogP contribution in [0.25, 0.3) is 11.4 Å². The molecule has 5 nitrogen and oxygen atoms in total. The first-order chi connectivity index (χ1) is 13.5. The Kier molecular flexibility index (Phi) is 7.12. The third-order valence-electron chi connectivity index (χ3n) is 4.39. The molecule has 0 fully saturated rings. The molecule has 3 rings (SSSR count). The number of nitrogens with zero attached hydrogens (tertiary/aromatic N) is 3. The monoisotopic (exact) mass is 414 g/mol. The summed E-state index contributed by atoms with van der Waals surface area (Å²) in [5, 5.41) is 12.9. The Labute approximate surface area is 174 Å². The van der Waals surface area contributed by atoms with Crippen molar-refractivity contribution in [3.63, 3.8) is 0 Å². The molecule has 0 saturated heterocycles. The van der Waals surface area contributed by atoms with Crippen LogP contribution in [0.1, 0.15) is 18.9 Å². The fourth-order valence-electron chi connectivity index (χ4n) is 2.84. The number of benzene rings is 2. The van der Waals surface area contributed by atoms with Crippen molar-refractivity contribution in [2.45, 2.75) is 31.0 Å². The molecule has 28 heavy (non-hydrogen) atoms. The zero-order valence-electron chi connectivity index (χ0n) is 15.9. The summed E-state index contributed by atoms with van der Waals surface area (Å²) < 4.78 is 1.89. The smallest absolute Gasteiger partial charge is 0.230 e. The summed E-state index contributed by atoms with van der Waals surface area (Å²) >= 11 is 7.32. The predicted octanol–water partition coefficient (Wildman–Crippen LogP) is 4.37. The molecule has 2 aromatic carbocycles. The van der Waals surface area contributed by atoms with Crippen molar-refractivity contribution in [2.24, 2.45) is 7.05 Å². The van der Waals surface area contributed by atoms with E-state index in [0.29, 0.717) is 15.9 Å². The highest BCUT2D eigenvalue weighted by molar-refractivity contribution is 7.99. The highest BCUT2D eigenvalue weighted by Gasteiger charge is 2.14. The zero-order valence-corrected chi connectivity index (χ0v) is 17.5. The van der Waals surface area contributed by atoms with Gasteiger partial charge in [-0.25, -0.2) is 0 Å². The average molecular weight is 415 g/mol. The molecular weight excluding hydrogens is 392 g/mol. The van der Waals surface area contributed by atoms with E-state index in [9.17, 15) is 4.79 Å². The van der Waals surface area contributed by atoms with E-state index < -0.39 is 0 Å². The first kappa shape index (κ1) is 20.4. The summed E-state index contributed by atoms with van der Waals surface area (Å²) in [6, 6.07) is 17.9. The first-order valence-corrected chi connectivity index (χ1v) is 10.5. The van der Waals surface area contributed by atoms with Crippen molar-refractivity contribution in [3.05, 3.63) is 65.2 Å². The number of hydrogen-bond acceptors (Lipinski definition) is 4. The normalized spacial score (nSPS) is 12.0. The van der Waals surface area contributed by atoms with Gasteiger partial charge in [-0.3, -0.25) is 4.79 Å². The van der Waals surface area contributed by atoms with Gasteiger partial charge in [0.05, 0.1) is 5.75 Å². The molecule has 146 valence electrons. The SMILES string of the molecule is C[C@@H](CCc1ccccc1)NC(=O)CSc1nnc(-c2ccc(Cl)cc2)n1C. The fourth-order valence-corrected chi connectivity index (χ4v) is 3.69. The van der Waals surface area contributed by atoms with Crippen molar-refractivity contribution in [1.82, 2.24) is 20.1 Å². The number of thioether (sulfide) groups is 1. The van der Waals surface area contributed by atoms with Crippen molar-refractivity contribution in [2.75, 3.05) is 5.75 Å². The topological polar surface area (TPSA) is 59.8 Å². The summed E-state index contributed by atoms with van der Waals surface area (Å²) in [6.45, 7) is 2.03. The molecule has 0 aliphatic carbocycles. The van der Waals surface area contributed by atoms with E-state index in [1.807, 2.05) is 61.0 Å². The van der Waals surface area contributed by atoms with Gasteiger partial charge in [0.15, 0.2) is 11.0 Å². The second-order valence-corrected chi connectivity index (χ2v) is 8.03. The molecule has 0 bridgehead atoms. The lowest BCUT2D eigenvalue weighted by atomic mass is 10.1. The molecule has 0 spiro atoms. The Hall–Kier alpha value is -2.31. The summed E-state index contributed by atoms with van der Waals surface area (Å²) in [5.41, 5.74) is 2.22. The Morgan fingerprint density at radius 2 is 1.86 bits per heavy atom. The maximum absolute atomic E-state index is 12.3. The number of aryl methyl sites for hydroxylation is 1. The second kappa shape index (κ2) is 9.75. The largest absolute Gasteiger partial charge is 0.353 e. The van der Waals surface area contributed by atoms with Crippen LogP contribution in [-0.2, 0) is 18.3 Å². The van der Waals surface area contributed by atoms with Gasteiger partial charge in [-0.1, -0.05) is 53.7 Å². The molecule has 1 atom stereocenters. The summed E-state index contributed by atoms with van der Waals surface area (Å²) in [4.78, 5) is 12.3. The number of amides is 1. The van der Waals surface area contributed by atoms with Crippen molar-refractivity contribution in [1.29, 1.82) is 0 Å². The van der Waals surface area contributed by atoms with Gasteiger partial charge in [-0.15, -0.1) is 10.2 Å². The lowest BCUT2D eigenvalue weighted by Crippen LogP contribution is -2.34. The summed E-state index contributed by atoms with van der Waals surface area (Å²) in [5.74, 6) is 1.06. The second-order valence-electron chi connectivity index (χ2n) is 6.65. The number of halogens is 1. The van der Waals surface area contributed by atoms with E-state index >= 15 is 0 Å². The third-order valence-corrected chi connectivity index (χ3v) is 5.66. The number of hydrogen-bond donors (Lipinski definition) is 1. The van der Waals surface area contributed by atoms with Crippen LogP contribution >= 0.6 is 23.4 Å². The highest BCUT2D eigenvalue weighted by atomic mass is 35.5. The van der Waals surface area contributed by atoms with Gasteiger partial charge in [-0.2, -0.15) is 0 Å². The van der Waals surface area contributed by atoms with Gasteiger partial charge in [-0.05, 0) is 49.6 Å². The van der Waals surface area contributed by atoms with Crippen LogP contribution in [0.3, 0.4) is 0 Å². The fraction of sp³-hybridized carbons (Fsp3) is 0.286. The molecule has 0 unspecified atom stereocenters. The minimum Gasteiger partial charge on any atom is -0.353 e. The predicted molar refractivity (Wildman–Crippen MR) is 115 cm³/mol. The molecule has 0 saturated carbocycles. The summed E-state index contributed by atoms with van der Waals surface area (Å²) in [7, 11) is 1.90. The van der Waals surface area contributed by atoms with Crippen molar-refractivity contribution >= 4 is 29.3 Å². The Morgan fingerprint density at radius 1 is 1.14 bits per heavy atom. The number of carbonyl (C=O) groups excluding carboxylic acids is 1. The van der Waals surface area contributed by atoms with Gasteiger partial charge < -0.3 is 9.88 Å². The third kappa shape index (κ3) is 5.59. The van der Waals surface area contributed by atoms with E-state index in [0.717, 1.165) is 24.2 Å². The quantitative estimate of drug-likeness (QED) is 0.556. The molecule has 3 aromatic rings. The molecule has 1 amide bonds. The number of rotatable bonds is 8. The molecule has 0 radical (unpaired) electrons. The lowest BCUT2D eigenvalue weighted by molar-refractivity contribution is -0.119.